The highest BCUT2D eigenvalue weighted by molar-refractivity contribution is 5.81. The van der Waals surface area contributed by atoms with Crippen LogP contribution in [0.2, 0.25) is 0 Å². The number of hydrogen-bond donors (Lipinski definition) is 1. The maximum absolute atomic E-state index is 4.44. The first-order valence-electron chi connectivity index (χ1n) is 3.99. The van der Waals surface area contributed by atoms with Gasteiger partial charge in [-0.05, 0) is 13.3 Å². The molecule has 0 radical (unpaired) electrons. The average Bonchev–Trinajstić information content (AvgIpc) is 1.99. The van der Waals surface area contributed by atoms with Crippen molar-refractivity contribution in [2.75, 3.05) is 7.05 Å². The van der Waals surface area contributed by atoms with Crippen LogP contribution in [0.15, 0.2) is 4.99 Å². The summed E-state index contributed by atoms with van der Waals surface area (Å²) in [6.07, 6.45) is 2.12. The topological polar surface area (TPSA) is 24.4 Å². The maximum atomic E-state index is 4.44. The molecule has 60 valence electrons. The minimum Gasteiger partial charge on any atom is -0.377 e. The van der Waals surface area contributed by atoms with Gasteiger partial charge in [-0.15, -0.1) is 0 Å². The van der Waals surface area contributed by atoms with Gasteiger partial charge in [0.1, 0.15) is 0 Å². The third kappa shape index (κ3) is 3.49. The molecule has 0 aromatic carbocycles. The van der Waals surface area contributed by atoms with E-state index in [-0.39, 0.29) is 0 Å². The lowest BCUT2D eigenvalue weighted by molar-refractivity contribution is 0.709. The number of hydrogen-bond acceptors (Lipinski definition) is 1. The molecule has 1 atom stereocenters. The summed E-state index contributed by atoms with van der Waals surface area (Å²) in [5.41, 5.74) is 0. The van der Waals surface area contributed by atoms with Gasteiger partial charge in [-0.1, -0.05) is 13.8 Å². The Bertz CT molecular complexity index is 102. The molecule has 2 heteroatoms. The van der Waals surface area contributed by atoms with Crippen LogP contribution in [0.1, 0.15) is 33.6 Å². The van der Waals surface area contributed by atoms with Crippen LogP contribution in [0, 0.1) is 0 Å². The third-order valence-corrected chi connectivity index (χ3v) is 1.59. The van der Waals surface area contributed by atoms with E-state index < -0.39 is 0 Å². The molecule has 1 unspecified atom stereocenters. The zero-order chi connectivity index (χ0) is 7.98. The van der Waals surface area contributed by atoms with E-state index in [0.29, 0.717) is 6.04 Å². The van der Waals surface area contributed by atoms with Crippen LogP contribution >= 0.6 is 0 Å². The molecule has 0 aliphatic carbocycles. The fourth-order valence-electron chi connectivity index (χ4n) is 0.690. The van der Waals surface area contributed by atoms with Crippen LogP contribution in [0.3, 0.4) is 0 Å². The highest BCUT2D eigenvalue weighted by Gasteiger charge is 1.95. The average molecular weight is 142 g/mol. The number of nitrogens with zero attached hydrogens (tertiary/aromatic N) is 1. The van der Waals surface area contributed by atoms with Gasteiger partial charge in [0, 0.05) is 19.5 Å². The van der Waals surface area contributed by atoms with E-state index in [1.54, 1.807) is 0 Å². The molecule has 0 aromatic rings. The minimum absolute atomic E-state index is 0.461. The van der Waals surface area contributed by atoms with Crippen LogP contribution < -0.4 is 5.32 Å². The van der Waals surface area contributed by atoms with Gasteiger partial charge in [-0.2, -0.15) is 0 Å². The first-order chi connectivity index (χ1) is 4.74. The molecular formula is C8H18N2. The van der Waals surface area contributed by atoms with Crippen molar-refractivity contribution >= 4 is 5.84 Å². The second-order valence-electron chi connectivity index (χ2n) is 2.44. The number of nitrogens with one attached hydrogen (secondary N) is 1. The predicted octanol–water partition coefficient (Wildman–Crippen LogP) is 1.81. The molecule has 2 nitrogen and oxygen atoms in total. The summed E-state index contributed by atoms with van der Waals surface area (Å²) in [5.74, 6) is 1.11. The molecule has 1 N–H and O–H groups in total. The molecule has 0 saturated heterocycles. The molecule has 0 bridgehead atoms. The second kappa shape index (κ2) is 5.27. The van der Waals surface area contributed by atoms with E-state index in [1.807, 2.05) is 7.05 Å². The summed E-state index contributed by atoms with van der Waals surface area (Å²) in [5, 5.41) is 3.07. The van der Waals surface area contributed by atoms with Crippen LogP contribution in [0.4, 0.5) is 0 Å². The SMILES string of the molecule is CC/C(=N\C(C)CC)NC. The monoisotopic (exact) mass is 142 g/mol. The Labute approximate surface area is 63.7 Å². The summed E-state index contributed by atoms with van der Waals surface area (Å²) in [4.78, 5) is 4.44. The fraction of sp³-hybridized carbons (Fsp3) is 0.875. The Morgan fingerprint density at radius 1 is 1.50 bits per heavy atom. The summed E-state index contributed by atoms with van der Waals surface area (Å²) in [6, 6.07) is 0.461. The van der Waals surface area contributed by atoms with E-state index >= 15 is 0 Å². The number of rotatable bonds is 3. The minimum atomic E-state index is 0.461. The van der Waals surface area contributed by atoms with Gasteiger partial charge in [0.25, 0.3) is 0 Å². The van der Waals surface area contributed by atoms with Crippen molar-refractivity contribution in [3.05, 3.63) is 0 Å². The Morgan fingerprint density at radius 2 is 2.10 bits per heavy atom. The van der Waals surface area contributed by atoms with Crippen LogP contribution in [0.5, 0.6) is 0 Å². The quantitative estimate of drug-likeness (QED) is 0.471. The molecule has 0 fully saturated rings. The molecule has 0 spiro atoms. The van der Waals surface area contributed by atoms with Gasteiger partial charge >= 0.3 is 0 Å². The smallest absolute Gasteiger partial charge is 0.0960 e. The second-order valence-corrected chi connectivity index (χ2v) is 2.44. The fourth-order valence-corrected chi connectivity index (χ4v) is 0.690. The molecule has 0 amide bonds. The molecule has 0 aliphatic heterocycles. The molecule has 0 aliphatic rings. The van der Waals surface area contributed by atoms with E-state index in [0.717, 1.165) is 18.7 Å². The van der Waals surface area contributed by atoms with Gasteiger partial charge < -0.3 is 5.32 Å². The van der Waals surface area contributed by atoms with Crippen LogP contribution in [-0.2, 0) is 0 Å². The zero-order valence-electron chi connectivity index (χ0n) is 7.44. The van der Waals surface area contributed by atoms with Crippen molar-refractivity contribution in [1.29, 1.82) is 0 Å². The first-order valence-corrected chi connectivity index (χ1v) is 3.99. The van der Waals surface area contributed by atoms with Crippen molar-refractivity contribution in [2.24, 2.45) is 4.99 Å². The van der Waals surface area contributed by atoms with E-state index in [9.17, 15) is 0 Å². The maximum Gasteiger partial charge on any atom is 0.0960 e. The summed E-state index contributed by atoms with van der Waals surface area (Å²) in [6.45, 7) is 6.39. The Morgan fingerprint density at radius 3 is 2.40 bits per heavy atom. The summed E-state index contributed by atoms with van der Waals surface area (Å²) < 4.78 is 0. The Balaban J connectivity index is 3.83. The first kappa shape index (κ1) is 9.47. The summed E-state index contributed by atoms with van der Waals surface area (Å²) in [7, 11) is 1.92. The van der Waals surface area contributed by atoms with Gasteiger partial charge in [0.15, 0.2) is 0 Å². The van der Waals surface area contributed by atoms with E-state index in [2.05, 4.69) is 31.1 Å². The molecule has 0 aromatic heterocycles. The van der Waals surface area contributed by atoms with Crippen molar-refractivity contribution < 1.29 is 0 Å². The lowest BCUT2D eigenvalue weighted by atomic mass is 10.3. The predicted molar refractivity (Wildman–Crippen MR) is 46.5 cm³/mol. The van der Waals surface area contributed by atoms with Crippen molar-refractivity contribution in [3.63, 3.8) is 0 Å². The van der Waals surface area contributed by atoms with Crippen molar-refractivity contribution in [3.8, 4) is 0 Å². The lowest BCUT2D eigenvalue weighted by Gasteiger charge is -2.06. The largest absolute Gasteiger partial charge is 0.377 e. The zero-order valence-corrected chi connectivity index (χ0v) is 7.44. The molecular weight excluding hydrogens is 124 g/mol. The van der Waals surface area contributed by atoms with Gasteiger partial charge in [0.05, 0.1) is 5.84 Å². The molecule has 0 saturated carbocycles. The molecule has 10 heavy (non-hydrogen) atoms. The van der Waals surface area contributed by atoms with E-state index in [1.165, 1.54) is 0 Å². The highest BCUT2D eigenvalue weighted by atomic mass is 15.0. The van der Waals surface area contributed by atoms with Gasteiger partial charge in [-0.3, -0.25) is 4.99 Å². The molecule has 0 heterocycles. The van der Waals surface area contributed by atoms with Gasteiger partial charge in [0.2, 0.25) is 0 Å². The Hall–Kier alpha value is -0.530. The third-order valence-electron chi connectivity index (χ3n) is 1.59. The standard InChI is InChI=1S/C8H18N2/c1-5-7(3)10-8(6-2)9-4/h7H,5-6H2,1-4H3,(H,9,10). The van der Waals surface area contributed by atoms with Crippen molar-refractivity contribution in [1.82, 2.24) is 5.32 Å². The van der Waals surface area contributed by atoms with Gasteiger partial charge in [-0.25, -0.2) is 0 Å². The summed E-state index contributed by atoms with van der Waals surface area (Å²) >= 11 is 0. The van der Waals surface area contributed by atoms with Crippen molar-refractivity contribution in [2.45, 2.75) is 39.7 Å². The normalized spacial score (nSPS) is 15.0. The van der Waals surface area contributed by atoms with Crippen LogP contribution in [0.25, 0.3) is 0 Å². The molecule has 0 rings (SSSR count). The number of aliphatic imine (C=N–C) groups is 1. The number of amidine groups is 1. The Kier molecular flexibility index (Phi) is 4.99. The van der Waals surface area contributed by atoms with Crippen LogP contribution in [-0.4, -0.2) is 18.9 Å². The lowest BCUT2D eigenvalue weighted by Crippen LogP contribution is -2.19. The highest BCUT2D eigenvalue weighted by Crippen LogP contribution is 1.95. The van der Waals surface area contributed by atoms with E-state index in [4.69, 9.17) is 0 Å².